The lowest BCUT2D eigenvalue weighted by atomic mass is 10.0. The fourth-order valence-electron chi connectivity index (χ4n) is 4.88. The van der Waals surface area contributed by atoms with Gasteiger partial charge in [-0.3, -0.25) is 9.59 Å². The molecule has 0 saturated heterocycles. The molecule has 4 N–H and O–H groups in total. The van der Waals surface area contributed by atoms with Crippen molar-refractivity contribution in [2.75, 3.05) is 13.2 Å². The van der Waals surface area contributed by atoms with Gasteiger partial charge in [0.2, 0.25) is 5.91 Å². The van der Waals surface area contributed by atoms with E-state index in [1.54, 1.807) is 6.92 Å². The Bertz CT molecular complexity index is 1400. The smallest absolute Gasteiger partial charge is 0.416 e. The van der Waals surface area contributed by atoms with Crippen molar-refractivity contribution in [3.8, 4) is 17.0 Å². The molecular weight excluding hydrogens is 522 g/mol. The number of benzene rings is 1. The lowest BCUT2D eigenvalue weighted by Crippen LogP contribution is -2.40. The van der Waals surface area contributed by atoms with Crippen LogP contribution in [-0.2, 0) is 11.0 Å². The van der Waals surface area contributed by atoms with Gasteiger partial charge in [0.15, 0.2) is 0 Å². The van der Waals surface area contributed by atoms with Gasteiger partial charge in [-0.1, -0.05) is 0 Å². The molecule has 3 atom stereocenters. The first-order chi connectivity index (χ1) is 18.5. The molecule has 3 aromatic rings. The Balaban J connectivity index is 1.47. The molecule has 0 bridgehead atoms. The van der Waals surface area contributed by atoms with Crippen LogP contribution < -0.4 is 15.4 Å². The van der Waals surface area contributed by atoms with Gasteiger partial charge in [0.05, 0.1) is 29.3 Å². The van der Waals surface area contributed by atoms with Gasteiger partial charge in [-0.25, -0.2) is 14.4 Å². The molecule has 208 valence electrons. The predicted octanol–water partition coefficient (Wildman–Crippen LogP) is 3.45. The first-order valence-corrected chi connectivity index (χ1v) is 12.6. The standard InChI is InChI=1S/C26H27F4N5O4/c1-12-21(25(38)35-18-8-15(7-17(18)27)34-20(37)9-36)23-24(33-12)22(31-11-32-23)16-6-14(26(28,29)30)4-5-19(16)39-10-13-2-3-13/h4-6,11,13,15,17-18,33,36H,2-3,7-10H2,1H3,(H,34,37)(H,35,38)/t15-,17+,18+/m0/s1. The molecule has 13 heteroatoms. The van der Waals surface area contributed by atoms with Crippen LogP contribution in [0.4, 0.5) is 17.6 Å². The van der Waals surface area contributed by atoms with E-state index in [0.29, 0.717) is 18.2 Å². The van der Waals surface area contributed by atoms with Crippen molar-refractivity contribution in [3.63, 3.8) is 0 Å². The zero-order valence-electron chi connectivity index (χ0n) is 20.9. The average molecular weight is 550 g/mol. The van der Waals surface area contributed by atoms with Crippen LogP contribution >= 0.6 is 0 Å². The first-order valence-electron chi connectivity index (χ1n) is 12.6. The molecule has 2 fully saturated rings. The third kappa shape index (κ3) is 5.68. The zero-order chi connectivity index (χ0) is 27.9. The monoisotopic (exact) mass is 549 g/mol. The van der Waals surface area contributed by atoms with Gasteiger partial charge in [-0.05, 0) is 50.3 Å². The number of H-pyrrole nitrogens is 1. The summed E-state index contributed by atoms with van der Waals surface area (Å²) in [6, 6.07) is 1.75. The number of nitrogens with zero attached hydrogens (tertiary/aromatic N) is 2. The maximum absolute atomic E-state index is 14.6. The Kier molecular flexibility index (Phi) is 7.19. The van der Waals surface area contributed by atoms with E-state index in [1.165, 1.54) is 6.07 Å². The van der Waals surface area contributed by atoms with Crippen molar-refractivity contribution >= 4 is 22.8 Å². The predicted molar refractivity (Wildman–Crippen MR) is 132 cm³/mol. The van der Waals surface area contributed by atoms with Crippen LogP contribution in [0.15, 0.2) is 24.5 Å². The molecule has 2 aromatic heterocycles. The summed E-state index contributed by atoms with van der Waals surface area (Å²) in [5.41, 5.74) is 0.253. The quantitative estimate of drug-likeness (QED) is 0.319. The molecule has 2 aliphatic rings. The van der Waals surface area contributed by atoms with Crippen molar-refractivity contribution in [3.05, 3.63) is 41.3 Å². The Morgan fingerprint density at radius 2 is 1.95 bits per heavy atom. The van der Waals surface area contributed by atoms with Gasteiger partial charge in [0.1, 0.15) is 36.1 Å². The summed E-state index contributed by atoms with van der Waals surface area (Å²) in [5.74, 6) is -0.666. The number of aromatic nitrogens is 3. The van der Waals surface area contributed by atoms with Crippen LogP contribution in [0.1, 0.15) is 47.3 Å². The number of alkyl halides is 4. The molecule has 2 heterocycles. The third-order valence-corrected chi connectivity index (χ3v) is 7.04. The summed E-state index contributed by atoms with van der Waals surface area (Å²) in [6.07, 6.45) is -2.76. The Morgan fingerprint density at radius 1 is 1.18 bits per heavy atom. The van der Waals surface area contributed by atoms with Crippen LogP contribution in [0.5, 0.6) is 5.75 Å². The highest BCUT2D eigenvalue weighted by Gasteiger charge is 2.37. The fourth-order valence-corrected chi connectivity index (χ4v) is 4.88. The molecule has 2 amide bonds. The Morgan fingerprint density at radius 3 is 2.64 bits per heavy atom. The number of aromatic amines is 1. The van der Waals surface area contributed by atoms with Crippen molar-refractivity contribution < 1.29 is 37.0 Å². The normalized spacial score (nSPS) is 21.2. The van der Waals surface area contributed by atoms with E-state index in [1.807, 2.05) is 0 Å². The number of amides is 2. The first kappa shape index (κ1) is 26.9. The number of carbonyl (C=O) groups excluding carboxylic acids is 2. The maximum Gasteiger partial charge on any atom is 0.416 e. The number of nitrogens with one attached hydrogen (secondary N) is 3. The Labute approximate surface area is 220 Å². The fraction of sp³-hybridized carbons (Fsp3) is 0.462. The largest absolute Gasteiger partial charge is 0.493 e. The van der Waals surface area contributed by atoms with Crippen molar-refractivity contribution in [1.29, 1.82) is 0 Å². The molecule has 0 unspecified atom stereocenters. The molecule has 0 aliphatic heterocycles. The number of hydrogen-bond donors (Lipinski definition) is 4. The van der Waals surface area contributed by atoms with E-state index in [2.05, 4.69) is 25.6 Å². The van der Waals surface area contributed by atoms with E-state index < -0.39 is 48.4 Å². The van der Waals surface area contributed by atoms with Gasteiger partial charge in [-0.2, -0.15) is 13.2 Å². The van der Waals surface area contributed by atoms with E-state index >= 15 is 0 Å². The van der Waals surface area contributed by atoms with Crippen LogP contribution in [0, 0.1) is 12.8 Å². The second-order valence-corrected chi connectivity index (χ2v) is 10.0. The molecule has 1 aromatic carbocycles. The summed E-state index contributed by atoms with van der Waals surface area (Å²) < 4.78 is 61.2. The second kappa shape index (κ2) is 10.4. The van der Waals surface area contributed by atoms with Crippen molar-refractivity contribution in [2.24, 2.45) is 5.92 Å². The molecule has 9 nitrogen and oxygen atoms in total. The molecule has 0 spiro atoms. The number of halogens is 4. The zero-order valence-corrected chi connectivity index (χ0v) is 20.9. The van der Waals surface area contributed by atoms with Gasteiger partial charge >= 0.3 is 6.18 Å². The molecule has 5 rings (SSSR count). The van der Waals surface area contributed by atoms with Crippen LogP contribution in [-0.4, -0.2) is 63.3 Å². The van der Waals surface area contributed by atoms with E-state index in [4.69, 9.17) is 9.84 Å². The summed E-state index contributed by atoms with van der Waals surface area (Å²) in [7, 11) is 0. The summed E-state index contributed by atoms with van der Waals surface area (Å²) in [4.78, 5) is 36.2. The Hall–Kier alpha value is -3.74. The van der Waals surface area contributed by atoms with Gasteiger partial charge in [-0.15, -0.1) is 0 Å². The van der Waals surface area contributed by atoms with E-state index in [-0.39, 0.29) is 46.4 Å². The molecule has 0 radical (unpaired) electrons. The summed E-state index contributed by atoms with van der Waals surface area (Å²) in [6.45, 7) is 1.25. The number of carbonyl (C=O) groups is 2. The third-order valence-electron chi connectivity index (χ3n) is 7.04. The number of aliphatic hydroxyl groups is 1. The number of fused-ring (bicyclic) bond motifs is 1. The summed E-state index contributed by atoms with van der Waals surface area (Å²) in [5, 5.41) is 14.1. The summed E-state index contributed by atoms with van der Waals surface area (Å²) >= 11 is 0. The SMILES string of the molecule is Cc1[nH]c2c(-c3cc(C(F)(F)F)ccc3OCC3CC3)ncnc2c1C(=O)N[C@@H]1C[C@@H](NC(=O)CO)C[C@H]1F. The topological polar surface area (TPSA) is 129 Å². The van der Waals surface area contributed by atoms with Crippen molar-refractivity contribution in [1.82, 2.24) is 25.6 Å². The van der Waals surface area contributed by atoms with Crippen LogP contribution in [0.2, 0.25) is 0 Å². The van der Waals surface area contributed by atoms with Gasteiger partial charge in [0.25, 0.3) is 5.91 Å². The average Bonchev–Trinajstić information content (AvgIpc) is 3.57. The minimum absolute atomic E-state index is 0.0188. The highest BCUT2D eigenvalue weighted by molar-refractivity contribution is 6.09. The van der Waals surface area contributed by atoms with Gasteiger partial charge < -0.3 is 25.5 Å². The van der Waals surface area contributed by atoms with E-state index in [0.717, 1.165) is 31.3 Å². The molecule has 39 heavy (non-hydrogen) atoms. The van der Waals surface area contributed by atoms with Crippen LogP contribution in [0.3, 0.4) is 0 Å². The number of hydrogen-bond acceptors (Lipinski definition) is 6. The highest BCUT2D eigenvalue weighted by Crippen LogP contribution is 2.40. The molecule has 2 aliphatic carbocycles. The maximum atomic E-state index is 14.6. The number of ether oxygens (including phenoxy) is 1. The number of aryl methyl sites for hydroxylation is 1. The minimum Gasteiger partial charge on any atom is -0.493 e. The minimum atomic E-state index is -4.59. The number of aliphatic hydroxyl groups excluding tert-OH is 1. The highest BCUT2D eigenvalue weighted by atomic mass is 19.4. The molecular formula is C26H27F4N5O4. The van der Waals surface area contributed by atoms with Crippen LogP contribution in [0.25, 0.3) is 22.3 Å². The lowest BCUT2D eigenvalue weighted by Gasteiger charge is -2.15. The lowest BCUT2D eigenvalue weighted by molar-refractivity contribution is -0.137. The van der Waals surface area contributed by atoms with Gasteiger partial charge in [0, 0.05) is 23.7 Å². The molecule has 2 saturated carbocycles. The van der Waals surface area contributed by atoms with Crippen molar-refractivity contribution in [2.45, 2.75) is 57.0 Å². The second-order valence-electron chi connectivity index (χ2n) is 10.0. The van der Waals surface area contributed by atoms with E-state index in [9.17, 15) is 27.2 Å². The number of rotatable bonds is 8.